The highest BCUT2D eigenvalue weighted by Gasteiger charge is 2.30. The minimum absolute atomic E-state index is 0. The summed E-state index contributed by atoms with van der Waals surface area (Å²) in [5, 5.41) is 2.40. The van der Waals surface area contributed by atoms with Crippen molar-refractivity contribution >= 4 is 29.9 Å². The van der Waals surface area contributed by atoms with E-state index in [0.29, 0.717) is 13.1 Å². The Bertz CT molecular complexity index is 603. The summed E-state index contributed by atoms with van der Waals surface area (Å²) in [6.45, 7) is 2.85. The number of nitrogens with zero attached hydrogens (tertiary/aromatic N) is 2. The number of likely N-dealkylation sites (N-methyl/N-ethyl adjacent to an activating group) is 1. The monoisotopic (exact) mass is 379 g/mol. The SMILES string of the molecule is CN1CCN(C(=O)CCC(=O)Nc2cccc(C(F)(F)F)c2)CC1.Cl. The summed E-state index contributed by atoms with van der Waals surface area (Å²) >= 11 is 0. The van der Waals surface area contributed by atoms with Crippen molar-refractivity contribution in [3.63, 3.8) is 0 Å². The van der Waals surface area contributed by atoms with Crippen LogP contribution in [0.3, 0.4) is 0 Å². The standard InChI is InChI=1S/C16H20F3N3O2.ClH/c1-21-7-9-22(10-8-21)15(24)6-5-14(23)20-13-4-2-3-12(11-13)16(17,18)19;/h2-4,11H,5-10H2,1H3,(H,20,23);1H. The van der Waals surface area contributed by atoms with E-state index in [1.807, 2.05) is 7.05 Å². The molecule has 1 aromatic rings. The van der Waals surface area contributed by atoms with Gasteiger partial charge in [0, 0.05) is 44.7 Å². The second kappa shape index (κ2) is 9.05. The number of carbonyl (C=O) groups excluding carboxylic acids is 2. The molecule has 9 heteroatoms. The number of hydrogen-bond acceptors (Lipinski definition) is 3. The van der Waals surface area contributed by atoms with Gasteiger partial charge in [-0.1, -0.05) is 6.07 Å². The number of nitrogens with one attached hydrogen (secondary N) is 1. The summed E-state index contributed by atoms with van der Waals surface area (Å²) in [6, 6.07) is 4.43. The van der Waals surface area contributed by atoms with E-state index in [2.05, 4.69) is 10.2 Å². The fourth-order valence-electron chi connectivity index (χ4n) is 2.43. The third kappa shape index (κ3) is 6.55. The van der Waals surface area contributed by atoms with Gasteiger partial charge in [-0.15, -0.1) is 12.4 Å². The first-order valence-electron chi connectivity index (χ1n) is 7.69. The number of benzene rings is 1. The molecular formula is C16H21ClF3N3O2. The van der Waals surface area contributed by atoms with Crippen LogP contribution < -0.4 is 5.32 Å². The molecule has 1 N–H and O–H groups in total. The number of rotatable bonds is 4. The average molecular weight is 380 g/mol. The van der Waals surface area contributed by atoms with Crippen molar-refractivity contribution in [2.75, 3.05) is 38.5 Å². The van der Waals surface area contributed by atoms with Gasteiger partial charge in [0.15, 0.2) is 0 Å². The number of alkyl halides is 3. The van der Waals surface area contributed by atoms with Crippen molar-refractivity contribution in [1.29, 1.82) is 0 Å². The molecule has 1 saturated heterocycles. The van der Waals surface area contributed by atoms with Gasteiger partial charge < -0.3 is 15.1 Å². The van der Waals surface area contributed by atoms with Crippen LogP contribution in [-0.4, -0.2) is 54.8 Å². The predicted octanol–water partition coefficient (Wildman–Crippen LogP) is 2.62. The second-order valence-electron chi connectivity index (χ2n) is 5.81. The van der Waals surface area contributed by atoms with Gasteiger partial charge in [0.1, 0.15) is 0 Å². The number of piperazine rings is 1. The van der Waals surface area contributed by atoms with E-state index >= 15 is 0 Å². The van der Waals surface area contributed by atoms with Crippen molar-refractivity contribution in [2.45, 2.75) is 19.0 Å². The summed E-state index contributed by atoms with van der Waals surface area (Å²) in [7, 11) is 1.98. The Morgan fingerprint density at radius 1 is 1.12 bits per heavy atom. The molecule has 2 amide bonds. The van der Waals surface area contributed by atoms with E-state index in [4.69, 9.17) is 0 Å². The Balaban J connectivity index is 0.00000312. The first kappa shape index (κ1) is 21.2. The van der Waals surface area contributed by atoms with Gasteiger partial charge in [-0.25, -0.2) is 0 Å². The highest BCUT2D eigenvalue weighted by Crippen LogP contribution is 2.30. The molecule has 25 heavy (non-hydrogen) atoms. The zero-order chi connectivity index (χ0) is 17.7. The van der Waals surface area contributed by atoms with E-state index < -0.39 is 17.6 Å². The first-order chi connectivity index (χ1) is 11.3. The Labute approximate surface area is 150 Å². The molecule has 5 nitrogen and oxygen atoms in total. The molecular weight excluding hydrogens is 359 g/mol. The normalized spacial score (nSPS) is 15.4. The van der Waals surface area contributed by atoms with Crippen LogP contribution in [0.25, 0.3) is 0 Å². The van der Waals surface area contributed by atoms with Gasteiger partial charge in [-0.3, -0.25) is 9.59 Å². The minimum Gasteiger partial charge on any atom is -0.340 e. The molecule has 0 spiro atoms. The zero-order valence-electron chi connectivity index (χ0n) is 13.8. The van der Waals surface area contributed by atoms with Crippen LogP contribution in [0.1, 0.15) is 18.4 Å². The van der Waals surface area contributed by atoms with Gasteiger partial charge in [0.25, 0.3) is 0 Å². The summed E-state index contributed by atoms with van der Waals surface area (Å²) < 4.78 is 37.9. The zero-order valence-corrected chi connectivity index (χ0v) is 14.6. The average Bonchev–Trinajstić information content (AvgIpc) is 2.53. The van der Waals surface area contributed by atoms with Crippen molar-refractivity contribution < 1.29 is 22.8 Å². The second-order valence-corrected chi connectivity index (χ2v) is 5.81. The van der Waals surface area contributed by atoms with Crippen molar-refractivity contribution in [3.05, 3.63) is 29.8 Å². The van der Waals surface area contributed by atoms with Gasteiger partial charge in [-0.05, 0) is 25.2 Å². The third-order valence-corrected chi connectivity index (χ3v) is 3.90. The quantitative estimate of drug-likeness (QED) is 0.875. The highest BCUT2D eigenvalue weighted by atomic mass is 35.5. The number of carbonyl (C=O) groups is 2. The molecule has 0 saturated carbocycles. The van der Waals surface area contributed by atoms with E-state index in [1.165, 1.54) is 12.1 Å². The Morgan fingerprint density at radius 2 is 1.76 bits per heavy atom. The summed E-state index contributed by atoms with van der Waals surface area (Å²) in [4.78, 5) is 27.7. The molecule has 1 aliphatic heterocycles. The van der Waals surface area contributed by atoms with Crippen LogP contribution in [0.2, 0.25) is 0 Å². The third-order valence-electron chi connectivity index (χ3n) is 3.90. The van der Waals surface area contributed by atoms with Gasteiger partial charge in [0.2, 0.25) is 11.8 Å². The molecule has 0 aliphatic carbocycles. The number of anilines is 1. The Kier molecular flexibility index (Phi) is 7.69. The Hall–Kier alpha value is -1.80. The summed E-state index contributed by atoms with van der Waals surface area (Å²) in [5.74, 6) is -0.584. The van der Waals surface area contributed by atoms with Gasteiger partial charge >= 0.3 is 6.18 Å². The van der Waals surface area contributed by atoms with E-state index in [-0.39, 0.29) is 36.8 Å². The largest absolute Gasteiger partial charge is 0.416 e. The van der Waals surface area contributed by atoms with Crippen molar-refractivity contribution in [2.24, 2.45) is 0 Å². The van der Waals surface area contributed by atoms with E-state index in [0.717, 1.165) is 25.2 Å². The predicted molar refractivity (Wildman–Crippen MR) is 90.6 cm³/mol. The van der Waals surface area contributed by atoms with Crippen LogP contribution in [0.15, 0.2) is 24.3 Å². The van der Waals surface area contributed by atoms with Crippen LogP contribution in [-0.2, 0) is 15.8 Å². The fourth-order valence-corrected chi connectivity index (χ4v) is 2.43. The lowest BCUT2D eigenvalue weighted by Crippen LogP contribution is -2.47. The molecule has 0 unspecified atom stereocenters. The number of hydrogen-bond donors (Lipinski definition) is 1. The van der Waals surface area contributed by atoms with Gasteiger partial charge in [0.05, 0.1) is 5.56 Å². The molecule has 1 aromatic carbocycles. The molecule has 140 valence electrons. The molecule has 1 heterocycles. The highest BCUT2D eigenvalue weighted by molar-refractivity contribution is 5.93. The lowest BCUT2D eigenvalue weighted by atomic mass is 10.2. The molecule has 0 radical (unpaired) electrons. The fraction of sp³-hybridized carbons (Fsp3) is 0.500. The molecule has 0 bridgehead atoms. The number of halogens is 4. The van der Waals surface area contributed by atoms with Crippen LogP contribution in [0, 0.1) is 0 Å². The molecule has 0 atom stereocenters. The lowest BCUT2D eigenvalue weighted by molar-refractivity contribution is -0.137. The maximum atomic E-state index is 12.6. The van der Waals surface area contributed by atoms with E-state index in [1.54, 1.807) is 4.90 Å². The maximum absolute atomic E-state index is 12.6. The van der Waals surface area contributed by atoms with Crippen LogP contribution >= 0.6 is 12.4 Å². The summed E-state index contributed by atoms with van der Waals surface area (Å²) in [5.41, 5.74) is -0.754. The molecule has 1 aliphatic rings. The number of amides is 2. The van der Waals surface area contributed by atoms with E-state index in [9.17, 15) is 22.8 Å². The minimum atomic E-state index is -4.46. The smallest absolute Gasteiger partial charge is 0.340 e. The van der Waals surface area contributed by atoms with Crippen molar-refractivity contribution in [3.8, 4) is 0 Å². The van der Waals surface area contributed by atoms with Crippen LogP contribution in [0.4, 0.5) is 18.9 Å². The molecule has 2 rings (SSSR count). The molecule has 1 fully saturated rings. The Morgan fingerprint density at radius 3 is 2.36 bits per heavy atom. The topological polar surface area (TPSA) is 52.7 Å². The summed E-state index contributed by atoms with van der Waals surface area (Å²) in [6.07, 6.45) is -4.46. The van der Waals surface area contributed by atoms with Crippen LogP contribution in [0.5, 0.6) is 0 Å². The first-order valence-corrected chi connectivity index (χ1v) is 7.69. The maximum Gasteiger partial charge on any atom is 0.416 e. The van der Waals surface area contributed by atoms with Gasteiger partial charge in [-0.2, -0.15) is 13.2 Å². The van der Waals surface area contributed by atoms with Crippen molar-refractivity contribution in [1.82, 2.24) is 9.80 Å². The lowest BCUT2D eigenvalue weighted by Gasteiger charge is -2.32. The molecule has 0 aromatic heterocycles.